The number of thiazole rings is 1. The number of allylic oxidation sites excluding steroid dienone is 1. The number of hydrogen-bond donors (Lipinski definition) is 0. The summed E-state index contributed by atoms with van der Waals surface area (Å²) >= 11 is 1.52. The van der Waals surface area contributed by atoms with Crippen LogP contribution in [0.5, 0.6) is 0 Å². The standard InChI is InChI=1S/C18H14N2OS/c1-13-5-7-14(8-6-13)17(21)10-9-15-12-22-18(20-15)16-4-2-3-11-19-16/h2-12H,1H3/b10-9+. The molecule has 2 heterocycles. The minimum absolute atomic E-state index is 0.0209. The Bertz CT molecular complexity index is 805. The summed E-state index contributed by atoms with van der Waals surface area (Å²) in [6.07, 6.45) is 5.04. The topological polar surface area (TPSA) is 42.9 Å². The SMILES string of the molecule is Cc1ccc(C(=O)/C=C/c2csc(-c3ccccn3)n2)cc1. The van der Waals surface area contributed by atoms with Crippen LogP contribution in [0.15, 0.2) is 60.1 Å². The molecule has 0 bridgehead atoms. The molecule has 0 N–H and O–H groups in total. The van der Waals surface area contributed by atoms with Gasteiger partial charge in [-0.1, -0.05) is 35.9 Å². The van der Waals surface area contributed by atoms with Gasteiger partial charge in [0, 0.05) is 17.1 Å². The first-order chi connectivity index (χ1) is 10.7. The van der Waals surface area contributed by atoms with Crippen LogP contribution in [-0.4, -0.2) is 15.8 Å². The van der Waals surface area contributed by atoms with Gasteiger partial charge in [-0.25, -0.2) is 4.98 Å². The number of carbonyl (C=O) groups excluding carboxylic acids is 1. The zero-order chi connectivity index (χ0) is 15.4. The molecule has 0 atom stereocenters. The zero-order valence-electron chi connectivity index (χ0n) is 12.1. The average Bonchev–Trinajstić information content (AvgIpc) is 3.03. The first-order valence-corrected chi connectivity index (χ1v) is 7.76. The lowest BCUT2D eigenvalue weighted by molar-refractivity contribution is 0.104. The van der Waals surface area contributed by atoms with Crippen LogP contribution in [0, 0.1) is 6.92 Å². The Kier molecular flexibility index (Phi) is 4.21. The van der Waals surface area contributed by atoms with Crippen molar-refractivity contribution in [3.63, 3.8) is 0 Å². The van der Waals surface area contributed by atoms with Crippen molar-refractivity contribution in [1.29, 1.82) is 0 Å². The quantitative estimate of drug-likeness (QED) is 0.529. The van der Waals surface area contributed by atoms with Crippen molar-refractivity contribution in [2.24, 2.45) is 0 Å². The first-order valence-electron chi connectivity index (χ1n) is 6.88. The number of aromatic nitrogens is 2. The summed E-state index contributed by atoms with van der Waals surface area (Å²) in [6.45, 7) is 2.00. The summed E-state index contributed by atoms with van der Waals surface area (Å²) in [5.41, 5.74) is 3.44. The molecule has 0 radical (unpaired) electrons. The van der Waals surface area contributed by atoms with Gasteiger partial charge in [-0.2, -0.15) is 0 Å². The fourth-order valence-electron chi connectivity index (χ4n) is 1.94. The summed E-state index contributed by atoms with van der Waals surface area (Å²) in [4.78, 5) is 20.8. The number of carbonyl (C=O) groups is 1. The Morgan fingerprint density at radius 1 is 1.14 bits per heavy atom. The summed E-state index contributed by atoms with van der Waals surface area (Å²) in [7, 11) is 0. The van der Waals surface area contributed by atoms with Gasteiger partial charge in [0.25, 0.3) is 0 Å². The van der Waals surface area contributed by atoms with Crippen LogP contribution in [0.2, 0.25) is 0 Å². The van der Waals surface area contributed by atoms with E-state index in [2.05, 4.69) is 9.97 Å². The van der Waals surface area contributed by atoms with E-state index < -0.39 is 0 Å². The minimum Gasteiger partial charge on any atom is -0.289 e. The van der Waals surface area contributed by atoms with E-state index in [0.29, 0.717) is 5.56 Å². The van der Waals surface area contributed by atoms with Crippen molar-refractivity contribution in [2.45, 2.75) is 6.92 Å². The number of nitrogens with zero attached hydrogens (tertiary/aromatic N) is 2. The van der Waals surface area contributed by atoms with Crippen molar-refractivity contribution in [1.82, 2.24) is 9.97 Å². The minimum atomic E-state index is -0.0209. The molecule has 0 saturated carbocycles. The Morgan fingerprint density at radius 2 is 1.95 bits per heavy atom. The number of aryl methyl sites for hydroxylation is 1. The van der Waals surface area contributed by atoms with Crippen LogP contribution in [-0.2, 0) is 0 Å². The van der Waals surface area contributed by atoms with E-state index in [-0.39, 0.29) is 5.78 Å². The van der Waals surface area contributed by atoms with Gasteiger partial charge in [-0.05, 0) is 31.2 Å². The molecule has 0 amide bonds. The molecule has 0 aliphatic carbocycles. The van der Waals surface area contributed by atoms with Crippen molar-refractivity contribution in [2.75, 3.05) is 0 Å². The van der Waals surface area contributed by atoms with Gasteiger partial charge < -0.3 is 0 Å². The van der Waals surface area contributed by atoms with Crippen LogP contribution in [0.3, 0.4) is 0 Å². The number of hydrogen-bond acceptors (Lipinski definition) is 4. The van der Waals surface area contributed by atoms with Gasteiger partial charge in [-0.15, -0.1) is 11.3 Å². The molecule has 0 spiro atoms. The second-order valence-corrected chi connectivity index (χ2v) is 5.71. The summed E-state index contributed by atoms with van der Waals surface area (Å²) in [6, 6.07) is 13.3. The third-order valence-corrected chi connectivity index (χ3v) is 4.03. The summed E-state index contributed by atoms with van der Waals surface area (Å²) in [5, 5.41) is 2.77. The van der Waals surface area contributed by atoms with Crippen LogP contribution in [0.25, 0.3) is 16.8 Å². The van der Waals surface area contributed by atoms with Gasteiger partial charge in [0.1, 0.15) is 5.01 Å². The van der Waals surface area contributed by atoms with Crippen molar-refractivity contribution in [3.05, 3.63) is 76.9 Å². The molecule has 0 unspecified atom stereocenters. The van der Waals surface area contributed by atoms with Crippen molar-refractivity contribution < 1.29 is 4.79 Å². The smallest absolute Gasteiger partial charge is 0.185 e. The van der Waals surface area contributed by atoms with Crippen LogP contribution in [0.1, 0.15) is 21.6 Å². The van der Waals surface area contributed by atoms with E-state index in [4.69, 9.17) is 0 Å². The molecule has 2 aromatic heterocycles. The molecule has 4 heteroatoms. The second-order valence-electron chi connectivity index (χ2n) is 4.86. The zero-order valence-corrected chi connectivity index (χ0v) is 12.9. The van der Waals surface area contributed by atoms with E-state index in [9.17, 15) is 4.79 Å². The molecule has 22 heavy (non-hydrogen) atoms. The molecule has 0 fully saturated rings. The number of benzene rings is 1. The average molecular weight is 306 g/mol. The highest BCUT2D eigenvalue weighted by Gasteiger charge is 2.05. The van der Waals surface area contributed by atoms with Crippen molar-refractivity contribution in [3.8, 4) is 10.7 Å². The molecule has 108 valence electrons. The monoisotopic (exact) mass is 306 g/mol. The van der Waals surface area contributed by atoms with Crippen LogP contribution < -0.4 is 0 Å². The molecule has 3 rings (SSSR count). The Balaban J connectivity index is 1.75. The molecule has 3 nitrogen and oxygen atoms in total. The Labute approximate surface area is 133 Å². The highest BCUT2D eigenvalue weighted by Crippen LogP contribution is 2.22. The van der Waals surface area contributed by atoms with E-state index in [0.717, 1.165) is 22.0 Å². The second kappa shape index (κ2) is 6.45. The molecular formula is C18H14N2OS. The third kappa shape index (κ3) is 3.35. The van der Waals surface area contributed by atoms with Crippen LogP contribution >= 0.6 is 11.3 Å². The van der Waals surface area contributed by atoms with E-state index >= 15 is 0 Å². The van der Waals surface area contributed by atoms with E-state index in [1.807, 2.05) is 54.8 Å². The lowest BCUT2D eigenvalue weighted by Crippen LogP contribution is -1.93. The Hall–Kier alpha value is -2.59. The number of pyridine rings is 1. The van der Waals surface area contributed by atoms with E-state index in [1.54, 1.807) is 18.3 Å². The fourth-order valence-corrected chi connectivity index (χ4v) is 2.71. The van der Waals surface area contributed by atoms with Gasteiger partial charge in [0.15, 0.2) is 5.78 Å². The molecule has 1 aromatic carbocycles. The van der Waals surface area contributed by atoms with Gasteiger partial charge in [0.2, 0.25) is 0 Å². The maximum Gasteiger partial charge on any atom is 0.185 e. The molecule has 0 saturated heterocycles. The normalized spacial score (nSPS) is 11.0. The molecule has 0 aliphatic heterocycles. The largest absolute Gasteiger partial charge is 0.289 e. The number of rotatable bonds is 4. The fraction of sp³-hybridized carbons (Fsp3) is 0.0556. The summed E-state index contributed by atoms with van der Waals surface area (Å²) in [5.74, 6) is -0.0209. The first kappa shape index (κ1) is 14.4. The predicted octanol–water partition coefficient (Wildman–Crippen LogP) is 4.41. The van der Waals surface area contributed by atoms with Crippen molar-refractivity contribution >= 4 is 23.2 Å². The highest BCUT2D eigenvalue weighted by atomic mass is 32.1. The molecule has 3 aromatic rings. The lowest BCUT2D eigenvalue weighted by atomic mass is 10.1. The molecule has 0 aliphatic rings. The predicted molar refractivity (Wildman–Crippen MR) is 89.9 cm³/mol. The van der Waals surface area contributed by atoms with Gasteiger partial charge in [-0.3, -0.25) is 9.78 Å². The highest BCUT2D eigenvalue weighted by molar-refractivity contribution is 7.13. The maximum atomic E-state index is 12.1. The maximum absolute atomic E-state index is 12.1. The lowest BCUT2D eigenvalue weighted by Gasteiger charge is -1.96. The number of ketones is 1. The van der Waals surface area contributed by atoms with Gasteiger partial charge >= 0.3 is 0 Å². The Morgan fingerprint density at radius 3 is 2.68 bits per heavy atom. The molecular weight excluding hydrogens is 292 g/mol. The van der Waals surface area contributed by atoms with Crippen LogP contribution in [0.4, 0.5) is 0 Å². The third-order valence-electron chi connectivity index (χ3n) is 3.15. The van der Waals surface area contributed by atoms with E-state index in [1.165, 1.54) is 11.3 Å². The summed E-state index contributed by atoms with van der Waals surface area (Å²) < 4.78 is 0. The van der Waals surface area contributed by atoms with Gasteiger partial charge in [0.05, 0.1) is 11.4 Å².